The molecular formula is C16H20ClN3. The molecule has 2 N–H and O–H groups in total. The molecule has 1 aromatic carbocycles. The Labute approximate surface area is 124 Å². The number of halogens is 1. The Morgan fingerprint density at radius 3 is 3.20 bits per heavy atom. The average Bonchev–Trinajstić information content (AvgIpc) is 3.06. The smallest absolute Gasteiger partial charge is 0.0472 e. The van der Waals surface area contributed by atoms with Crippen LogP contribution < -0.4 is 5.32 Å². The Kier molecular flexibility index (Phi) is 3.21. The van der Waals surface area contributed by atoms with Gasteiger partial charge < -0.3 is 10.3 Å². The summed E-state index contributed by atoms with van der Waals surface area (Å²) in [5.74, 6) is 0.850. The van der Waals surface area contributed by atoms with Crippen molar-refractivity contribution in [1.29, 1.82) is 0 Å². The van der Waals surface area contributed by atoms with E-state index in [0.717, 1.165) is 35.6 Å². The van der Waals surface area contributed by atoms with Crippen LogP contribution in [0.3, 0.4) is 0 Å². The van der Waals surface area contributed by atoms with Gasteiger partial charge in [-0.2, -0.15) is 0 Å². The van der Waals surface area contributed by atoms with Crippen molar-refractivity contribution in [3.8, 4) is 0 Å². The fourth-order valence-electron chi connectivity index (χ4n) is 3.87. The zero-order valence-electron chi connectivity index (χ0n) is 11.5. The predicted octanol–water partition coefficient (Wildman–Crippen LogP) is 3.01. The monoisotopic (exact) mass is 289 g/mol. The maximum absolute atomic E-state index is 6.05. The summed E-state index contributed by atoms with van der Waals surface area (Å²) in [6, 6.07) is 6.85. The van der Waals surface area contributed by atoms with E-state index in [1.54, 1.807) is 0 Å². The van der Waals surface area contributed by atoms with Crippen LogP contribution in [0.15, 0.2) is 24.4 Å². The summed E-state index contributed by atoms with van der Waals surface area (Å²) < 4.78 is 0. The maximum atomic E-state index is 6.05. The molecule has 0 amide bonds. The van der Waals surface area contributed by atoms with E-state index >= 15 is 0 Å². The van der Waals surface area contributed by atoms with Gasteiger partial charge in [0.05, 0.1) is 0 Å². The van der Waals surface area contributed by atoms with Crippen LogP contribution in [0.5, 0.6) is 0 Å². The highest BCUT2D eigenvalue weighted by Crippen LogP contribution is 2.30. The predicted molar refractivity (Wildman–Crippen MR) is 83.1 cm³/mol. The first-order valence-electron chi connectivity index (χ1n) is 7.51. The van der Waals surface area contributed by atoms with Gasteiger partial charge in [-0.1, -0.05) is 17.7 Å². The highest BCUT2D eigenvalue weighted by atomic mass is 35.5. The molecule has 2 fully saturated rings. The van der Waals surface area contributed by atoms with Crippen LogP contribution in [-0.2, 0) is 6.54 Å². The topological polar surface area (TPSA) is 31.1 Å². The molecule has 106 valence electrons. The third kappa shape index (κ3) is 2.14. The number of fused-ring (bicyclic) bond motifs is 2. The zero-order valence-corrected chi connectivity index (χ0v) is 12.3. The molecule has 4 rings (SSSR count). The third-order valence-corrected chi connectivity index (χ3v) is 5.13. The zero-order chi connectivity index (χ0) is 13.5. The largest absolute Gasteiger partial charge is 0.361 e. The molecule has 0 saturated carbocycles. The van der Waals surface area contributed by atoms with Gasteiger partial charge in [-0.05, 0) is 49.5 Å². The third-order valence-electron chi connectivity index (χ3n) is 4.90. The van der Waals surface area contributed by atoms with Crippen molar-refractivity contribution in [3.63, 3.8) is 0 Å². The Bertz CT molecular complexity index is 621. The lowest BCUT2D eigenvalue weighted by molar-refractivity contribution is 0.118. The minimum absolute atomic E-state index is 0.723. The summed E-state index contributed by atoms with van der Waals surface area (Å²) in [6.45, 7) is 4.62. The molecule has 0 radical (unpaired) electrons. The van der Waals surface area contributed by atoms with Crippen LogP contribution in [0, 0.1) is 5.92 Å². The quantitative estimate of drug-likeness (QED) is 0.890. The van der Waals surface area contributed by atoms with E-state index in [-0.39, 0.29) is 0 Å². The molecular weight excluding hydrogens is 270 g/mol. The number of hydrogen-bond acceptors (Lipinski definition) is 2. The van der Waals surface area contributed by atoms with Crippen LogP contribution in [0.4, 0.5) is 0 Å². The first-order chi connectivity index (χ1) is 9.81. The van der Waals surface area contributed by atoms with Crippen molar-refractivity contribution < 1.29 is 0 Å². The highest BCUT2D eigenvalue weighted by Gasteiger charge is 2.34. The van der Waals surface area contributed by atoms with E-state index in [0.29, 0.717) is 0 Å². The first kappa shape index (κ1) is 12.7. The van der Waals surface area contributed by atoms with E-state index in [1.807, 2.05) is 12.1 Å². The minimum atomic E-state index is 0.723. The molecule has 0 spiro atoms. The number of aromatic nitrogens is 1. The second kappa shape index (κ2) is 5.06. The van der Waals surface area contributed by atoms with Crippen molar-refractivity contribution >= 4 is 22.5 Å². The van der Waals surface area contributed by atoms with Crippen molar-refractivity contribution in [3.05, 3.63) is 35.0 Å². The highest BCUT2D eigenvalue weighted by molar-refractivity contribution is 6.31. The SMILES string of the molecule is Clc1ccc2c(CN3CCCC4CNCC43)c[nH]c2c1. The molecule has 2 aromatic rings. The van der Waals surface area contributed by atoms with Gasteiger partial charge >= 0.3 is 0 Å². The van der Waals surface area contributed by atoms with Crippen molar-refractivity contribution in [2.75, 3.05) is 19.6 Å². The number of piperidine rings is 1. The number of benzene rings is 1. The van der Waals surface area contributed by atoms with E-state index in [2.05, 4.69) is 27.5 Å². The van der Waals surface area contributed by atoms with E-state index in [4.69, 9.17) is 11.6 Å². The fourth-order valence-corrected chi connectivity index (χ4v) is 4.04. The number of rotatable bonds is 2. The molecule has 3 nitrogen and oxygen atoms in total. The standard InChI is InChI=1S/C16H20ClN3/c17-13-3-4-14-12(8-19-15(14)6-13)10-20-5-1-2-11-7-18-9-16(11)20/h3-4,6,8,11,16,18-19H,1-2,5,7,9-10H2. The van der Waals surface area contributed by atoms with E-state index < -0.39 is 0 Å². The molecule has 2 aliphatic heterocycles. The molecule has 1 aromatic heterocycles. The van der Waals surface area contributed by atoms with Gasteiger partial charge in [0.25, 0.3) is 0 Å². The Balaban J connectivity index is 1.60. The summed E-state index contributed by atoms with van der Waals surface area (Å²) >= 11 is 6.05. The summed E-state index contributed by atoms with van der Waals surface area (Å²) in [4.78, 5) is 6.01. The lowest BCUT2D eigenvalue weighted by Gasteiger charge is -2.36. The van der Waals surface area contributed by atoms with Gasteiger partial charge in [-0.25, -0.2) is 0 Å². The Morgan fingerprint density at radius 2 is 2.25 bits per heavy atom. The Hall–Kier alpha value is -1.03. The van der Waals surface area contributed by atoms with Crippen LogP contribution in [0.25, 0.3) is 10.9 Å². The summed E-state index contributed by atoms with van der Waals surface area (Å²) in [5, 5.41) is 5.65. The molecule has 2 aliphatic rings. The number of H-pyrrole nitrogens is 1. The molecule has 2 atom stereocenters. The van der Waals surface area contributed by atoms with Gasteiger partial charge in [0, 0.05) is 41.3 Å². The normalized spacial score (nSPS) is 27.1. The summed E-state index contributed by atoms with van der Waals surface area (Å²) in [5.41, 5.74) is 2.54. The number of nitrogens with one attached hydrogen (secondary N) is 2. The van der Waals surface area contributed by atoms with Gasteiger partial charge in [0.15, 0.2) is 0 Å². The van der Waals surface area contributed by atoms with Crippen LogP contribution in [-0.4, -0.2) is 35.6 Å². The number of nitrogens with zero attached hydrogens (tertiary/aromatic N) is 1. The molecule has 2 unspecified atom stereocenters. The van der Waals surface area contributed by atoms with Crippen molar-refractivity contribution in [2.45, 2.75) is 25.4 Å². The first-order valence-corrected chi connectivity index (χ1v) is 7.89. The lowest BCUT2D eigenvalue weighted by atomic mass is 9.91. The molecule has 20 heavy (non-hydrogen) atoms. The van der Waals surface area contributed by atoms with Gasteiger partial charge in [0.2, 0.25) is 0 Å². The Morgan fingerprint density at radius 1 is 1.30 bits per heavy atom. The van der Waals surface area contributed by atoms with Gasteiger partial charge in [-0.3, -0.25) is 4.90 Å². The van der Waals surface area contributed by atoms with Crippen molar-refractivity contribution in [2.24, 2.45) is 5.92 Å². The van der Waals surface area contributed by atoms with E-state index in [9.17, 15) is 0 Å². The molecule has 4 heteroatoms. The van der Waals surface area contributed by atoms with E-state index in [1.165, 1.54) is 36.9 Å². The molecule has 0 bridgehead atoms. The number of aromatic amines is 1. The van der Waals surface area contributed by atoms with Gasteiger partial charge in [-0.15, -0.1) is 0 Å². The van der Waals surface area contributed by atoms with Crippen LogP contribution in [0.2, 0.25) is 5.02 Å². The average molecular weight is 290 g/mol. The molecule has 0 aliphatic carbocycles. The second-order valence-electron chi connectivity index (χ2n) is 6.10. The minimum Gasteiger partial charge on any atom is -0.361 e. The van der Waals surface area contributed by atoms with Crippen LogP contribution >= 0.6 is 11.6 Å². The lowest BCUT2D eigenvalue weighted by Crippen LogP contribution is -2.44. The second-order valence-corrected chi connectivity index (χ2v) is 6.54. The summed E-state index contributed by atoms with van der Waals surface area (Å²) in [7, 11) is 0. The molecule has 2 saturated heterocycles. The maximum Gasteiger partial charge on any atom is 0.0472 e. The van der Waals surface area contributed by atoms with Crippen LogP contribution in [0.1, 0.15) is 18.4 Å². The van der Waals surface area contributed by atoms with Gasteiger partial charge in [0.1, 0.15) is 0 Å². The molecule has 3 heterocycles. The number of likely N-dealkylation sites (tertiary alicyclic amines) is 1. The van der Waals surface area contributed by atoms with Crippen molar-refractivity contribution in [1.82, 2.24) is 15.2 Å². The summed E-state index contributed by atoms with van der Waals surface area (Å²) in [6.07, 6.45) is 4.86. The number of hydrogen-bond donors (Lipinski definition) is 2. The fraction of sp³-hybridized carbons (Fsp3) is 0.500.